The molecule has 0 aromatic heterocycles. The van der Waals surface area contributed by atoms with Crippen molar-refractivity contribution >= 4 is 60.3 Å². The molecule has 14 unspecified atom stereocenters. The quantitative estimate of drug-likeness (QED) is 0.0171. The van der Waals surface area contributed by atoms with Crippen LogP contribution in [-0.2, 0) is 90.3 Å². The van der Waals surface area contributed by atoms with Crippen LogP contribution in [0, 0.1) is 24.7 Å². The lowest BCUT2D eigenvalue weighted by Crippen LogP contribution is -2.70. The van der Waals surface area contributed by atoms with E-state index in [1.54, 1.807) is 125 Å². The maximum atomic E-state index is 13.2. The summed E-state index contributed by atoms with van der Waals surface area (Å²) in [4.78, 5) is 128. The largest absolute Gasteiger partial charge is 0.444 e. The van der Waals surface area contributed by atoms with Crippen LogP contribution in [0.15, 0.2) is 0 Å². The molecule has 2 saturated carbocycles. The number of carbonyl (C=O) groups is 10. The van der Waals surface area contributed by atoms with Gasteiger partial charge in [-0.2, -0.15) is 0 Å². The van der Waals surface area contributed by atoms with Crippen molar-refractivity contribution < 1.29 is 191 Å². The molecule has 5 heterocycles. The van der Waals surface area contributed by atoms with E-state index >= 15 is 0 Å². The molecule has 0 aromatic rings. The third kappa shape index (κ3) is 35.1. The van der Waals surface area contributed by atoms with E-state index in [2.05, 4.69) is 53.9 Å². The molecule has 7 rings (SSSR count). The van der Waals surface area contributed by atoms with Crippen molar-refractivity contribution in [3.05, 3.63) is 0 Å². The lowest BCUT2D eigenvalue weighted by atomic mass is 9.83. The highest BCUT2D eigenvalue weighted by Gasteiger charge is 2.58. The van der Waals surface area contributed by atoms with Gasteiger partial charge in [0, 0.05) is 51.6 Å². The zero-order chi connectivity index (χ0) is 98.5. The summed E-state index contributed by atoms with van der Waals surface area (Å²) < 4.78 is 79.5. The summed E-state index contributed by atoms with van der Waals surface area (Å²) in [5.41, 5.74) is -0.241. The summed E-state index contributed by atoms with van der Waals surface area (Å²) in [6.07, 6.45) is -35.8. The average Bonchev–Trinajstić information content (AvgIpc) is 0.820. The van der Waals surface area contributed by atoms with Gasteiger partial charge in [-0.3, -0.25) is 14.4 Å². The van der Waals surface area contributed by atoms with Gasteiger partial charge in [-0.25, -0.2) is 33.6 Å². The number of nitrogens with one attached hydrogen (secondary N) is 7. The van der Waals surface area contributed by atoms with E-state index < -0.39 is 291 Å². The highest BCUT2D eigenvalue weighted by molar-refractivity contribution is 6.01. The van der Waals surface area contributed by atoms with Gasteiger partial charge in [0.05, 0.1) is 49.5 Å². The highest BCUT2D eigenvalue weighted by Crippen LogP contribution is 2.37. The molecule has 2 aliphatic carbocycles. The standard InChI is InChI=1S/C39H66N4O18.C33H60N4O17.C10H11NO4/c1-11-12-13-14-22(45)40-16-20-25(47)27(49)28(50)33(55-20)58-31-19(42-35(53)60-38(5,6)7)15-18(41-34(52)59-37(2,3)4)30(29(31)51)57-32-26(48)23(24(46)21(17-44)56-32)43-36(54)61-39(8,9)10;1-31(2,3)52-28(45)35-13-10-14(36-29(46)53-32(4,5)6)25(51-27-22(43)21(42)19(40)15(11-34)48-27)23(44)24(13)50-26-20(41)17(18(39)16(12-38)49-26)37-30(47)54-33(7,8)9;1-2-3-4-5-10(14)15-11-8(12)6-7-9(11)13/h1,18-21,23-33,44,46-51H,12-17H2,2-10H3,(H,40,45)(H,41,52)(H,42,53)(H,43,54);13-27,38-44H,10-12,34H2,1-9H3,(H,35,45)(H,36,46)(H,37,47);1H,3-7H2/t18-,19?,20?,21?,23?,24+,25-,26?,27+,28?,29-,30?,31-,32+,33-;13-,14?,15?,16?,17?,18+,19-,20?,21+,22?,23-,24?,25-,26+,27-;/m11./s1. The van der Waals surface area contributed by atoms with E-state index in [1.165, 1.54) is 0 Å². The molecule has 7 aliphatic rings. The van der Waals surface area contributed by atoms with Crippen LogP contribution in [0.5, 0.6) is 0 Å². The van der Waals surface area contributed by atoms with Gasteiger partial charge in [-0.1, -0.05) is 0 Å². The fourth-order valence-electron chi connectivity index (χ4n) is 14.0. The molecule has 0 radical (unpaired) electrons. The number of terminal acetylenes is 2. The first kappa shape index (κ1) is 112. The first-order valence-corrected chi connectivity index (χ1v) is 42.5. The van der Waals surface area contributed by atoms with Crippen LogP contribution in [0.4, 0.5) is 28.8 Å². The smallest absolute Gasteiger partial charge is 0.408 e. The van der Waals surface area contributed by atoms with Gasteiger partial charge >= 0.3 is 42.5 Å². The minimum atomic E-state index is -1.99. The van der Waals surface area contributed by atoms with Crippen LogP contribution in [0.2, 0.25) is 0 Å². The monoisotopic (exact) mass is 1870 g/mol. The molecule has 48 nitrogen and oxygen atoms in total. The first-order valence-electron chi connectivity index (χ1n) is 42.5. The molecular formula is C82H137N9O39. The van der Waals surface area contributed by atoms with Crippen LogP contribution in [-0.4, -0.2) is 380 Å². The Bertz CT molecular complexity index is 3760. The fourth-order valence-corrected chi connectivity index (χ4v) is 14.0. The van der Waals surface area contributed by atoms with Crippen molar-refractivity contribution in [2.75, 3.05) is 26.3 Å². The van der Waals surface area contributed by atoms with Crippen molar-refractivity contribution in [1.29, 1.82) is 0 Å². The van der Waals surface area contributed by atoms with Crippen molar-refractivity contribution in [1.82, 2.24) is 42.3 Å². The third-order valence-corrected chi connectivity index (χ3v) is 19.8. The van der Waals surface area contributed by atoms with Gasteiger partial charge in [-0.05, 0) is 150 Å². The number of carbonyl (C=O) groups excluding carboxylic acids is 10. The Kier molecular flexibility index (Phi) is 42.1. The lowest BCUT2D eigenvalue weighted by molar-refractivity contribution is -0.334. The maximum absolute atomic E-state index is 13.2. The molecule has 7 fully saturated rings. The molecule has 0 bridgehead atoms. The number of unbranched alkanes of at least 4 members (excludes halogenated alkanes) is 2. The van der Waals surface area contributed by atoms with Crippen LogP contribution >= 0.6 is 0 Å². The lowest BCUT2D eigenvalue weighted by Gasteiger charge is -2.49. The Morgan fingerprint density at radius 2 is 0.662 bits per heavy atom. The van der Waals surface area contributed by atoms with E-state index in [0.717, 1.165) is 0 Å². The summed E-state index contributed by atoms with van der Waals surface area (Å²) in [6, 6.07) is -8.34. The number of ether oxygens (including phenoxy) is 14. The van der Waals surface area contributed by atoms with E-state index in [-0.39, 0.29) is 51.6 Å². The molecule has 5 aliphatic heterocycles. The molecule has 9 amide bonds. The van der Waals surface area contributed by atoms with Crippen LogP contribution in [0.1, 0.15) is 189 Å². The molecule has 744 valence electrons. The number of hydroxylamine groups is 2. The molecule has 0 spiro atoms. The van der Waals surface area contributed by atoms with Gasteiger partial charge in [-0.15, -0.1) is 29.8 Å². The number of rotatable bonds is 26. The summed E-state index contributed by atoms with van der Waals surface area (Å²) >= 11 is 0. The number of nitrogens with two attached hydrogens (primary N) is 1. The molecule has 30 atom stereocenters. The van der Waals surface area contributed by atoms with Crippen molar-refractivity contribution in [2.45, 2.75) is 406 Å². The van der Waals surface area contributed by atoms with Crippen LogP contribution < -0.4 is 43.0 Å². The van der Waals surface area contributed by atoms with E-state index in [0.29, 0.717) is 30.7 Å². The summed E-state index contributed by atoms with van der Waals surface area (Å²) in [5, 5.41) is 171. The minimum Gasteiger partial charge on any atom is -0.444 e. The van der Waals surface area contributed by atoms with Gasteiger partial charge in [0.1, 0.15) is 156 Å². The number of alkyl carbamates (subject to hydrolysis) is 6. The number of hydrogen-bond donors (Lipinski definition) is 22. The number of aliphatic hydroxyl groups excluding tert-OH is 14. The predicted octanol–water partition coefficient (Wildman–Crippen LogP) is -3.83. The minimum absolute atomic E-state index is 0.0551. The topological polar surface area (TPSA) is 706 Å². The first-order chi connectivity index (χ1) is 60.0. The van der Waals surface area contributed by atoms with Crippen molar-refractivity contribution in [3.63, 3.8) is 0 Å². The van der Waals surface area contributed by atoms with Gasteiger partial charge in [0.25, 0.3) is 11.8 Å². The second-order valence-corrected chi connectivity index (χ2v) is 37.9. The molecule has 5 saturated heterocycles. The predicted molar refractivity (Wildman–Crippen MR) is 443 cm³/mol. The fraction of sp³-hybridized carbons (Fsp3) is 0.829. The zero-order valence-electron chi connectivity index (χ0n) is 76.4. The Morgan fingerprint density at radius 3 is 0.954 bits per heavy atom. The summed E-state index contributed by atoms with van der Waals surface area (Å²) in [7, 11) is 0. The van der Waals surface area contributed by atoms with E-state index in [4.69, 9.17) is 84.9 Å². The van der Waals surface area contributed by atoms with Crippen molar-refractivity contribution in [3.8, 4) is 24.7 Å². The number of imide groups is 1. The molecular weight excluding hydrogens is 1730 g/mol. The van der Waals surface area contributed by atoms with Gasteiger partial charge < -0.3 is 186 Å². The maximum Gasteiger partial charge on any atom is 0.408 e. The number of hydrogen-bond acceptors (Lipinski definition) is 40. The summed E-state index contributed by atoms with van der Waals surface area (Å²) in [6.45, 7) is 26.4. The Hall–Kier alpha value is -8.10. The molecule has 23 N–H and O–H groups in total. The Balaban J connectivity index is 0.000000398. The van der Waals surface area contributed by atoms with Gasteiger partial charge in [0.2, 0.25) is 5.91 Å². The molecule has 48 heteroatoms. The van der Waals surface area contributed by atoms with Gasteiger partial charge in [0.15, 0.2) is 25.2 Å². The summed E-state index contributed by atoms with van der Waals surface area (Å²) in [5.74, 6) is 2.82. The van der Waals surface area contributed by atoms with Crippen LogP contribution in [0.3, 0.4) is 0 Å². The zero-order valence-corrected chi connectivity index (χ0v) is 76.4. The SMILES string of the molecule is C#CCCCC(=O)NCC1O[C@H](O[C@@H]2C(NC(=O)OC(C)(C)C)C[C@@H](NC(=O)OC(C)(C)C)C(O[C@@H]3OC(CO)[C@H](O)C(NC(=O)OC(C)(C)C)C3O)[C@H]2O)C(O)[C@@H](O)[C@@H]1O.C#CCCCC(=O)ON1C(=O)CCC1=O.CC(C)(C)OC(=O)NC1C(O)[C@H](OC2[C@@H](O)[C@H](O[C@H]3OC(CN)[C@@H](O)[C@H](O)C3O)C(NC(=O)OC(C)(C)C)C[C@H]2NC(=O)OC(C)(C)C)OC(CO)[C@@H]1O. The third-order valence-electron chi connectivity index (χ3n) is 19.8. The number of nitrogens with zero attached hydrogens (tertiary/aromatic N) is 1. The van der Waals surface area contributed by atoms with E-state index in [1.807, 2.05) is 0 Å². The molecule has 130 heavy (non-hydrogen) atoms. The van der Waals surface area contributed by atoms with Crippen LogP contribution in [0.25, 0.3) is 0 Å². The highest BCUT2D eigenvalue weighted by atomic mass is 16.8. The average molecular weight is 1870 g/mol. The van der Waals surface area contributed by atoms with E-state index in [9.17, 15) is 119 Å². The Labute approximate surface area is 753 Å². The second-order valence-electron chi connectivity index (χ2n) is 37.9. The van der Waals surface area contributed by atoms with Crippen molar-refractivity contribution in [2.24, 2.45) is 5.73 Å². The number of aliphatic hydroxyl groups is 14. The Morgan fingerprint density at radius 1 is 0.385 bits per heavy atom. The molecule has 0 aromatic carbocycles. The number of amides is 9. The normalized spacial score (nSPS) is 33.7. The second kappa shape index (κ2) is 48.7.